The summed E-state index contributed by atoms with van der Waals surface area (Å²) in [4.78, 5) is 22.4. The molecular weight excluding hydrogens is 400 g/mol. The number of nitrogens with two attached hydrogens (primary N) is 1. The molecule has 0 aliphatic carbocycles. The topological polar surface area (TPSA) is 81.4 Å². The van der Waals surface area contributed by atoms with Crippen molar-refractivity contribution >= 4 is 11.9 Å². The fraction of sp³-hybridized carbons (Fsp3) is 0.259. The number of benzene rings is 3. The maximum absolute atomic E-state index is 11.5. The van der Waals surface area contributed by atoms with Crippen LogP contribution in [0.5, 0.6) is 0 Å². The van der Waals surface area contributed by atoms with Crippen LogP contribution in [0.15, 0.2) is 91.0 Å². The molecule has 3 N–H and O–H groups in total. The highest BCUT2D eigenvalue weighted by molar-refractivity contribution is 5.85. The molecule has 0 fully saturated rings. The van der Waals surface area contributed by atoms with E-state index in [1.54, 1.807) is 6.92 Å². The summed E-state index contributed by atoms with van der Waals surface area (Å²) in [5, 5.41) is 2.43. The van der Waals surface area contributed by atoms with Gasteiger partial charge in [-0.25, -0.2) is 4.79 Å². The predicted octanol–water partition coefficient (Wildman–Crippen LogP) is 4.50. The largest absolute Gasteiger partial charge is 0.459 e. The van der Waals surface area contributed by atoms with Gasteiger partial charge in [-0.15, -0.1) is 0 Å². The van der Waals surface area contributed by atoms with E-state index in [-0.39, 0.29) is 19.1 Å². The van der Waals surface area contributed by atoms with Crippen molar-refractivity contribution in [3.8, 4) is 0 Å². The second-order valence-electron chi connectivity index (χ2n) is 6.73. The maximum Gasteiger partial charge on any atom is 0.328 e. The number of hydrogen-bond acceptors (Lipinski definition) is 4. The Balaban J connectivity index is 0.000000305. The number of esters is 1. The summed E-state index contributed by atoms with van der Waals surface area (Å²) in [7, 11) is 0. The molecule has 0 aromatic heterocycles. The first-order valence-electron chi connectivity index (χ1n) is 10.9. The number of ether oxygens (including phenoxy) is 1. The van der Waals surface area contributed by atoms with Crippen molar-refractivity contribution in [1.29, 1.82) is 0 Å². The van der Waals surface area contributed by atoms with Gasteiger partial charge in [-0.3, -0.25) is 4.79 Å². The van der Waals surface area contributed by atoms with Crippen LogP contribution < -0.4 is 11.1 Å². The van der Waals surface area contributed by atoms with Gasteiger partial charge in [-0.05, 0) is 30.0 Å². The molecule has 0 radical (unpaired) electrons. The van der Waals surface area contributed by atoms with Gasteiger partial charge < -0.3 is 15.8 Å². The number of carbonyl (C=O) groups excluding carboxylic acids is 2. The molecule has 0 spiro atoms. The van der Waals surface area contributed by atoms with Gasteiger partial charge >= 0.3 is 5.97 Å². The molecule has 3 aromatic carbocycles. The highest BCUT2D eigenvalue weighted by Gasteiger charge is 2.16. The average Bonchev–Trinajstić information content (AvgIpc) is 2.86. The van der Waals surface area contributed by atoms with Crippen molar-refractivity contribution in [1.82, 2.24) is 5.32 Å². The Morgan fingerprint density at radius 2 is 1.19 bits per heavy atom. The maximum atomic E-state index is 11.5. The van der Waals surface area contributed by atoms with E-state index < -0.39 is 12.0 Å². The van der Waals surface area contributed by atoms with Crippen molar-refractivity contribution in [2.75, 3.05) is 6.54 Å². The minimum Gasteiger partial charge on any atom is -0.459 e. The molecule has 170 valence electrons. The first-order valence-corrected chi connectivity index (χ1v) is 10.9. The van der Waals surface area contributed by atoms with Gasteiger partial charge in [0.05, 0.1) is 6.54 Å². The molecule has 0 saturated carbocycles. The quantitative estimate of drug-likeness (QED) is 0.537. The van der Waals surface area contributed by atoms with Crippen LogP contribution >= 0.6 is 0 Å². The minimum absolute atomic E-state index is 0.143. The molecular formula is C27H34N2O3. The van der Waals surface area contributed by atoms with Gasteiger partial charge in [0.25, 0.3) is 0 Å². The van der Waals surface area contributed by atoms with Gasteiger partial charge in [-0.2, -0.15) is 0 Å². The highest BCUT2D eigenvalue weighted by atomic mass is 16.5. The van der Waals surface area contributed by atoms with Crippen LogP contribution in [0.25, 0.3) is 0 Å². The normalized spacial score (nSPS) is 10.4. The van der Waals surface area contributed by atoms with Crippen LogP contribution in [0.2, 0.25) is 0 Å². The third kappa shape index (κ3) is 11.1. The van der Waals surface area contributed by atoms with Gasteiger partial charge in [-0.1, -0.05) is 105 Å². The molecule has 0 heterocycles. The van der Waals surface area contributed by atoms with E-state index in [9.17, 15) is 9.59 Å². The number of amides is 1. The molecule has 0 aliphatic rings. The Bertz CT molecular complexity index is 847. The predicted molar refractivity (Wildman–Crippen MR) is 130 cm³/mol. The minimum atomic E-state index is -0.685. The number of carbonyl (C=O) groups is 2. The Morgan fingerprint density at radius 3 is 1.59 bits per heavy atom. The van der Waals surface area contributed by atoms with Crippen LogP contribution in [-0.2, 0) is 27.4 Å². The van der Waals surface area contributed by atoms with E-state index in [0.717, 1.165) is 12.0 Å². The fourth-order valence-electron chi connectivity index (χ4n) is 2.64. The lowest BCUT2D eigenvalue weighted by atomic mass is 10.1. The van der Waals surface area contributed by atoms with Gasteiger partial charge in [0.1, 0.15) is 12.6 Å². The van der Waals surface area contributed by atoms with E-state index in [1.807, 2.05) is 44.2 Å². The Labute approximate surface area is 191 Å². The third-order valence-corrected chi connectivity index (χ3v) is 4.23. The first kappa shape index (κ1) is 26.6. The van der Waals surface area contributed by atoms with Crippen LogP contribution in [0.4, 0.5) is 0 Å². The molecule has 0 aliphatic heterocycles. The van der Waals surface area contributed by atoms with Crippen molar-refractivity contribution < 1.29 is 14.3 Å². The molecule has 1 amide bonds. The van der Waals surface area contributed by atoms with E-state index in [0.29, 0.717) is 0 Å². The summed E-state index contributed by atoms with van der Waals surface area (Å²) < 4.78 is 5.04. The second kappa shape index (κ2) is 16.3. The summed E-state index contributed by atoms with van der Waals surface area (Å²) in [6.45, 7) is 5.61. The van der Waals surface area contributed by atoms with Crippen molar-refractivity contribution in [3.05, 3.63) is 108 Å². The lowest BCUT2D eigenvalue weighted by Gasteiger charge is -2.12. The number of rotatable bonds is 7. The molecule has 0 saturated heterocycles. The van der Waals surface area contributed by atoms with Crippen LogP contribution in [0.1, 0.15) is 37.5 Å². The van der Waals surface area contributed by atoms with Crippen molar-refractivity contribution in [3.63, 3.8) is 0 Å². The Morgan fingerprint density at radius 1 is 0.781 bits per heavy atom. The highest BCUT2D eigenvalue weighted by Crippen LogP contribution is 2.08. The van der Waals surface area contributed by atoms with Gasteiger partial charge in [0.2, 0.25) is 5.91 Å². The smallest absolute Gasteiger partial charge is 0.328 e. The molecule has 3 aromatic rings. The average molecular weight is 435 g/mol. The molecule has 0 bridgehead atoms. The Hall–Kier alpha value is -3.44. The molecule has 32 heavy (non-hydrogen) atoms. The molecule has 1 atom stereocenters. The SMILES string of the molecule is CC.C[C@H](NC(=O)CN)C(=O)OCc1ccccc1.c1ccc(Cc2ccccc2)cc1. The molecule has 5 heteroatoms. The number of nitrogens with one attached hydrogen (secondary N) is 1. The second-order valence-corrected chi connectivity index (χ2v) is 6.73. The standard InChI is InChI=1S/C13H12.C12H16N2O3.C2H6/c1-3-7-12(8-4-1)11-13-9-5-2-6-10-13;1-9(14-11(15)7-13)12(16)17-8-10-5-3-2-4-6-10;1-2/h1-10H,11H2;2-6,9H,7-8,13H2,1H3,(H,14,15);1-2H3/t;9-;/m.0./s1. The first-order chi connectivity index (χ1) is 15.6. The summed E-state index contributed by atoms with van der Waals surface area (Å²) in [6, 6.07) is 29.7. The van der Waals surface area contributed by atoms with Crippen LogP contribution in [0.3, 0.4) is 0 Å². The third-order valence-electron chi connectivity index (χ3n) is 4.23. The van der Waals surface area contributed by atoms with Gasteiger partial charge in [0.15, 0.2) is 0 Å². The van der Waals surface area contributed by atoms with Crippen LogP contribution in [-0.4, -0.2) is 24.5 Å². The van der Waals surface area contributed by atoms with E-state index in [2.05, 4.69) is 66.0 Å². The fourth-order valence-corrected chi connectivity index (χ4v) is 2.64. The van der Waals surface area contributed by atoms with Crippen molar-refractivity contribution in [2.24, 2.45) is 5.73 Å². The van der Waals surface area contributed by atoms with Crippen molar-refractivity contribution in [2.45, 2.75) is 39.8 Å². The van der Waals surface area contributed by atoms with Gasteiger partial charge in [0, 0.05) is 0 Å². The lowest BCUT2D eigenvalue weighted by Crippen LogP contribution is -2.42. The number of hydrogen-bond donors (Lipinski definition) is 2. The summed E-state index contributed by atoms with van der Waals surface area (Å²) in [6.07, 6.45) is 1.03. The zero-order chi connectivity index (χ0) is 23.6. The molecule has 5 nitrogen and oxygen atoms in total. The summed E-state index contributed by atoms with van der Waals surface area (Å²) >= 11 is 0. The van der Waals surface area contributed by atoms with E-state index in [4.69, 9.17) is 10.5 Å². The zero-order valence-electron chi connectivity index (χ0n) is 19.2. The molecule has 0 unspecified atom stereocenters. The van der Waals surface area contributed by atoms with E-state index >= 15 is 0 Å². The summed E-state index contributed by atoms with van der Waals surface area (Å²) in [5.41, 5.74) is 8.76. The molecule has 3 rings (SSSR count). The van der Waals surface area contributed by atoms with E-state index in [1.165, 1.54) is 11.1 Å². The monoisotopic (exact) mass is 434 g/mol. The lowest BCUT2D eigenvalue weighted by molar-refractivity contribution is -0.148. The van der Waals surface area contributed by atoms with Crippen LogP contribution in [0, 0.1) is 0 Å². The zero-order valence-corrected chi connectivity index (χ0v) is 19.2. The Kier molecular flexibility index (Phi) is 13.5. The summed E-state index contributed by atoms with van der Waals surface area (Å²) in [5.74, 6) is -0.857.